The van der Waals surface area contributed by atoms with Crippen molar-refractivity contribution in [2.45, 2.75) is 24.7 Å². The van der Waals surface area contributed by atoms with E-state index >= 15 is 0 Å². The van der Waals surface area contributed by atoms with Gasteiger partial charge < -0.3 is 0 Å². The van der Waals surface area contributed by atoms with Gasteiger partial charge in [0.2, 0.25) is 0 Å². The summed E-state index contributed by atoms with van der Waals surface area (Å²) in [7, 11) is 0. The van der Waals surface area contributed by atoms with E-state index in [2.05, 4.69) is 147 Å². The van der Waals surface area contributed by atoms with Crippen molar-refractivity contribution in [1.29, 1.82) is 5.26 Å². The predicted molar refractivity (Wildman–Crippen MR) is 241 cm³/mol. The average Bonchev–Trinajstić information content (AvgIpc) is 3.74. The molecule has 60 heavy (non-hydrogen) atoms. The van der Waals surface area contributed by atoms with Crippen molar-refractivity contribution in [2.24, 2.45) is 0 Å². The van der Waals surface area contributed by atoms with Crippen molar-refractivity contribution in [3.63, 3.8) is 0 Å². The van der Waals surface area contributed by atoms with Crippen LogP contribution in [0.25, 0.3) is 67.5 Å². The molecule has 0 bridgehead atoms. The zero-order chi connectivity index (χ0) is 40.4. The van der Waals surface area contributed by atoms with Gasteiger partial charge in [-0.2, -0.15) is 5.26 Å². The molecule has 2 aliphatic carbocycles. The first-order valence-electron chi connectivity index (χ1n) is 20.4. The normalized spacial score (nSPS) is 13.8. The number of nitriles is 1. The molecule has 0 N–H and O–H groups in total. The lowest BCUT2D eigenvalue weighted by atomic mass is 9.67. The monoisotopic (exact) mass is 766 g/mol. The molecular formula is C56H38N4. The number of hydrogen-bond donors (Lipinski definition) is 0. The Balaban J connectivity index is 1.03. The molecule has 0 saturated carbocycles. The highest BCUT2D eigenvalue weighted by atomic mass is 15.0. The predicted octanol–water partition coefficient (Wildman–Crippen LogP) is 13.1. The zero-order valence-corrected chi connectivity index (χ0v) is 33.3. The minimum absolute atomic E-state index is 0.214. The second-order valence-corrected chi connectivity index (χ2v) is 16.3. The summed E-state index contributed by atoms with van der Waals surface area (Å²) in [6, 6.07) is 71.2. The van der Waals surface area contributed by atoms with Crippen LogP contribution in [0.5, 0.6) is 0 Å². The van der Waals surface area contributed by atoms with Crippen LogP contribution in [-0.2, 0) is 10.8 Å². The Hall–Kier alpha value is -7.74. The Kier molecular flexibility index (Phi) is 8.08. The van der Waals surface area contributed by atoms with Crippen LogP contribution in [0.1, 0.15) is 52.8 Å². The number of aromatic nitrogens is 3. The highest BCUT2D eigenvalue weighted by Crippen LogP contribution is 2.56. The van der Waals surface area contributed by atoms with Crippen molar-refractivity contribution < 1.29 is 0 Å². The molecule has 4 heteroatoms. The summed E-state index contributed by atoms with van der Waals surface area (Å²) < 4.78 is 0. The molecule has 11 rings (SSSR count). The third-order valence-electron chi connectivity index (χ3n) is 12.7. The van der Waals surface area contributed by atoms with Gasteiger partial charge in [0, 0.05) is 22.1 Å². The summed E-state index contributed by atoms with van der Waals surface area (Å²) in [6.45, 7) is 4.53. The number of benzene rings is 8. The van der Waals surface area contributed by atoms with E-state index in [0.717, 1.165) is 22.3 Å². The molecule has 0 atom stereocenters. The van der Waals surface area contributed by atoms with Crippen LogP contribution in [-0.4, -0.2) is 15.0 Å². The first kappa shape index (κ1) is 35.4. The molecule has 0 unspecified atom stereocenters. The van der Waals surface area contributed by atoms with Gasteiger partial charge in [-0.1, -0.05) is 190 Å². The molecular weight excluding hydrogens is 729 g/mol. The largest absolute Gasteiger partial charge is 0.208 e. The molecule has 0 radical (unpaired) electrons. The lowest BCUT2D eigenvalue weighted by Crippen LogP contribution is -2.28. The van der Waals surface area contributed by atoms with Crippen LogP contribution >= 0.6 is 0 Å². The maximum absolute atomic E-state index is 9.64. The van der Waals surface area contributed by atoms with E-state index in [4.69, 9.17) is 15.0 Å². The fraction of sp³-hybridized carbons (Fsp3) is 0.0714. The van der Waals surface area contributed by atoms with Crippen molar-refractivity contribution >= 4 is 0 Å². The van der Waals surface area contributed by atoms with Crippen molar-refractivity contribution in [3.05, 3.63) is 233 Å². The number of hydrogen-bond acceptors (Lipinski definition) is 4. The molecule has 9 aromatic rings. The van der Waals surface area contributed by atoms with Crippen LogP contribution in [0.3, 0.4) is 0 Å². The van der Waals surface area contributed by atoms with Crippen LogP contribution in [0.15, 0.2) is 194 Å². The quantitative estimate of drug-likeness (QED) is 0.169. The van der Waals surface area contributed by atoms with Gasteiger partial charge in [0.15, 0.2) is 17.5 Å². The zero-order valence-electron chi connectivity index (χ0n) is 33.3. The SMILES string of the molecule is CC1(C)c2cc(C#N)ccc2-c2ccc(-c3ccc(C4(c5ccc(-c6nc(-c7ccccc7)nc(-c7ccccc7)n6)cc5)c5ccccc5-c5ccccc54)cc3)cc21. The molecule has 4 nitrogen and oxygen atoms in total. The summed E-state index contributed by atoms with van der Waals surface area (Å²) in [6.07, 6.45) is 0. The van der Waals surface area contributed by atoms with E-state index in [-0.39, 0.29) is 5.41 Å². The lowest BCUT2D eigenvalue weighted by Gasteiger charge is -2.34. The standard InChI is InChI=1S/C56H38N4/c1-55(2)50-33-36(35-57)21-31-46(50)47-32-26-41(34-51(47)55)37-22-27-42(28-23-37)56(48-19-11-9-17-44(48)45-18-10-12-20-49(45)56)43-29-24-40(25-30-43)54-59-52(38-13-5-3-6-14-38)58-53(60-54)39-15-7-4-8-16-39/h3-34H,1-2H3. The van der Waals surface area contributed by atoms with Crippen molar-refractivity contribution in [1.82, 2.24) is 15.0 Å². The van der Waals surface area contributed by atoms with Crippen LogP contribution in [0.4, 0.5) is 0 Å². The summed E-state index contributed by atoms with van der Waals surface area (Å²) in [5.41, 5.74) is 17.4. The van der Waals surface area contributed by atoms with Gasteiger partial charge >= 0.3 is 0 Å². The second kappa shape index (κ2) is 13.7. The minimum atomic E-state index is -0.562. The molecule has 2 aliphatic rings. The highest BCUT2D eigenvalue weighted by Gasteiger charge is 2.46. The van der Waals surface area contributed by atoms with E-state index in [1.165, 1.54) is 61.2 Å². The summed E-state index contributed by atoms with van der Waals surface area (Å²) in [5, 5.41) is 9.64. The molecule has 0 fully saturated rings. The minimum Gasteiger partial charge on any atom is -0.208 e. The molecule has 1 aromatic heterocycles. The molecule has 8 aromatic carbocycles. The smallest absolute Gasteiger partial charge is 0.164 e. The third kappa shape index (κ3) is 5.40. The molecule has 0 spiro atoms. The van der Waals surface area contributed by atoms with Gasteiger partial charge in [-0.3, -0.25) is 0 Å². The van der Waals surface area contributed by atoms with E-state index in [1.54, 1.807) is 0 Å². The third-order valence-corrected chi connectivity index (χ3v) is 12.7. The maximum atomic E-state index is 9.64. The van der Waals surface area contributed by atoms with Gasteiger partial charge in [-0.25, -0.2) is 15.0 Å². The Morgan fingerprint density at radius 1 is 0.367 bits per heavy atom. The van der Waals surface area contributed by atoms with Gasteiger partial charge in [-0.05, 0) is 85.0 Å². The Labute approximate surface area is 350 Å². The van der Waals surface area contributed by atoms with E-state index in [1.807, 2.05) is 66.7 Å². The Morgan fingerprint density at radius 3 is 1.28 bits per heavy atom. The first-order chi connectivity index (χ1) is 29.4. The van der Waals surface area contributed by atoms with Crippen molar-refractivity contribution in [3.8, 4) is 73.6 Å². The Bertz CT molecular complexity index is 3060. The topological polar surface area (TPSA) is 62.5 Å². The van der Waals surface area contributed by atoms with E-state index in [0.29, 0.717) is 23.0 Å². The number of nitrogens with zero attached hydrogens (tertiary/aromatic N) is 4. The van der Waals surface area contributed by atoms with E-state index in [9.17, 15) is 5.26 Å². The fourth-order valence-electron chi connectivity index (χ4n) is 9.73. The van der Waals surface area contributed by atoms with Crippen molar-refractivity contribution in [2.75, 3.05) is 0 Å². The van der Waals surface area contributed by atoms with Gasteiger partial charge in [0.1, 0.15) is 0 Å². The van der Waals surface area contributed by atoms with Gasteiger partial charge in [0.05, 0.1) is 17.0 Å². The van der Waals surface area contributed by atoms with Crippen LogP contribution in [0.2, 0.25) is 0 Å². The number of fused-ring (bicyclic) bond motifs is 6. The molecule has 282 valence electrons. The molecule has 0 amide bonds. The Morgan fingerprint density at radius 2 is 0.767 bits per heavy atom. The van der Waals surface area contributed by atoms with Crippen LogP contribution < -0.4 is 0 Å². The first-order valence-corrected chi connectivity index (χ1v) is 20.4. The number of rotatable bonds is 6. The van der Waals surface area contributed by atoms with Crippen LogP contribution in [0, 0.1) is 11.3 Å². The fourth-order valence-corrected chi connectivity index (χ4v) is 9.73. The van der Waals surface area contributed by atoms with Gasteiger partial charge in [0.25, 0.3) is 0 Å². The van der Waals surface area contributed by atoms with Gasteiger partial charge in [-0.15, -0.1) is 0 Å². The molecule has 0 saturated heterocycles. The summed E-state index contributed by atoms with van der Waals surface area (Å²) >= 11 is 0. The maximum Gasteiger partial charge on any atom is 0.164 e. The highest BCUT2D eigenvalue weighted by molar-refractivity contribution is 5.87. The summed E-state index contributed by atoms with van der Waals surface area (Å²) in [5.74, 6) is 1.91. The van der Waals surface area contributed by atoms with E-state index < -0.39 is 5.41 Å². The summed E-state index contributed by atoms with van der Waals surface area (Å²) in [4.78, 5) is 15.0. The average molecular weight is 767 g/mol. The molecule has 1 heterocycles. The molecule has 0 aliphatic heterocycles. The second-order valence-electron chi connectivity index (χ2n) is 16.3. The lowest BCUT2D eigenvalue weighted by molar-refractivity contribution is 0.660.